The van der Waals surface area contributed by atoms with E-state index in [2.05, 4.69) is 10.3 Å². The number of carbonyl (C=O) groups excluding carboxylic acids is 1. The number of halogens is 6. The van der Waals surface area contributed by atoms with Crippen molar-refractivity contribution in [2.75, 3.05) is 0 Å². The van der Waals surface area contributed by atoms with Crippen molar-refractivity contribution >= 4 is 5.91 Å². The molecule has 0 aliphatic rings. The second-order valence-electron chi connectivity index (χ2n) is 4.08. The van der Waals surface area contributed by atoms with Gasteiger partial charge in [-0.15, -0.1) is 5.10 Å². The van der Waals surface area contributed by atoms with Gasteiger partial charge in [0, 0.05) is 0 Å². The van der Waals surface area contributed by atoms with Gasteiger partial charge in [0.15, 0.2) is 11.4 Å². The van der Waals surface area contributed by atoms with Gasteiger partial charge in [-0.2, -0.15) is 26.3 Å². The molecule has 0 bridgehead atoms. The van der Waals surface area contributed by atoms with Crippen molar-refractivity contribution in [3.05, 3.63) is 41.2 Å². The number of aromatic nitrogens is 3. The van der Waals surface area contributed by atoms with E-state index in [-0.39, 0.29) is 4.68 Å². The lowest BCUT2D eigenvalue weighted by atomic mass is 10.1. The SMILES string of the molecule is NC(=O)c1nnn(-c2ccccc2C(F)(F)F)c1C(F)(F)F. The van der Waals surface area contributed by atoms with Crippen LogP contribution < -0.4 is 5.73 Å². The number of rotatable bonds is 2. The first kappa shape index (κ1) is 15.8. The first-order valence-corrected chi connectivity index (χ1v) is 5.52. The van der Waals surface area contributed by atoms with E-state index >= 15 is 0 Å². The molecule has 2 aromatic rings. The first-order chi connectivity index (χ1) is 10.0. The molecule has 0 atom stereocenters. The Hall–Kier alpha value is -2.59. The number of nitrogens with two attached hydrogens (primary N) is 1. The molecular formula is C11H6F6N4O. The van der Waals surface area contributed by atoms with Crippen LogP contribution in [-0.4, -0.2) is 20.9 Å². The highest BCUT2D eigenvalue weighted by Gasteiger charge is 2.43. The van der Waals surface area contributed by atoms with E-state index in [0.717, 1.165) is 18.2 Å². The summed E-state index contributed by atoms with van der Waals surface area (Å²) >= 11 is 0. The Labute approximate surface area is 118 Å². The van der Waals surface area contributed by atoms with Crippen LogP contribution in [0.1, 0.15) is 21.7 Å². The average Bonchev–Trinajstić information content (AvgIpc) is 2.82. The standard InChI is InChI=1S/C11H6F6N4O/c12-10(13,14)5-3-1-2-4-6(5)21-8(11(15,16)17)7(9(18)22)19-20-21/h1-4H,(H2,18,22). The first-order valence-electron chi connectivity index (χ1n) is 5.52. The largest absolute Gasteiger partial charge is 0.435 e. The molecule has 0 saturated heterocycles. The number of hydrogen-bond donors (Lipinski definition) is 1. The second-order valence-corrected chi connectivity index (χ2v) is 4.08. The van der Waals surface area contributed by atoms with Crippen LogP contribution in [0.5, 0.6) is 0 Å². The topological polar surface area (TPSA) is 73.8 Å². The van der Waals surface area contributed by atoms with Gasteiger partial charge in [-0.3, -0.25) is 4.79 Å². The van der Waals surface area contributed by atoms with Gasteiger partial charge in [0.1, 0.15) is 0 Å². The van der Waals surface area contributed by atoms with Crippen molar-refractivity contribution in [2.45, 2.75) is 12.4 Å². The Morgan fingerprint density at radius 1 is 1.05 bits per heavy atom. The highest BCUT2D eigenvalue weighted by Crippen LogP contribution is 2.37. The monoisotopic (exact) mass is 324 g/mol. The molecule has 2 rings (SSSR count). The molecule has 1 aromatic carbocycles. The van der Waals surface area contributed by atoms with Crippen molar-refractivity contribution in [1.29, 1.82) is 0 Å². The highest BCUT2D eigenvalue weighted by molar-refractivity contribution is 5.92. The van der Waals surface area contributed by atoms with Crippen molar-refractivity contribution in [3.63, 3.8) is 0 Å². The molecule has 0 fully saturated rings. The van der Waals surface area contributed by atoms with Gasteiger partial charge in [0.05, 0.1) is 11.3 Å². The van der Waals surface area contributed by atoms with E-state index in [1.54, 1.807) is 0 Å². The molecule has 0 aliphatic carbocycles. The Kier molecular flexibility index (Phi) is 3.59. The van der Waals surface area contributed by atoms with E-state index in [0.29, 0.717) is 6.07 Å². The van der Waals surface area contributed by atoms with Crippen LogP contribution in [0.4, 0.5) is 26.3 Å². The van der Waals surface area contributed by atoms with Gasteiger partial charge in [-0.25, -0.2) is 4.68 Å². The number of carbonyl (C=O) groups is 1. The van der Waals surface area contributed by atoms with Crippen LogP contribution in [0.2, 0.25) is 0 Å². The minimum atomic E-state index is -5.17. The van der Waals surface area contributed by atoms with Gasteiger partial charge in [-0.05, 0) is 12.1 Å². The molecular weight excluding hydrogens is 318 g/mol. The third-order valence-corrected chi connectivity index (χ3v) is 2.61. The summed E-state index contributed by atoms with van der Waals surface area (Å²) < 4.78 is 77.7. The smallest absolute Gasteiger partial charge is 0.364 e. The highest BCUT2D eigenvalue weighted by atomic mass is 19.4. The molecule has 5 nitrogen and oxygen atoms in total. The molecule has 0 radical (unpaired) electrons. The van der Waals surface area contributed by atoms with E-state index in [1.807, 2.05) is 0 Å². The van der Waals surface area contributed by atoms with Crippen LogP contribution in [0.3, 0.4) is 0 Å². The number of alkyl halides is 6. The summed E-state index contributed by atoms with van der Waals surface area (Å²) in [6.07, 6.45) is -10.1. The summed E-state index contributed by atoms with van der Waals surface area (Å²) in [5.41, 5.74) is -0.551. The van der Waals surface area contributed by atoms with Crippen molar-refractivity contribution in [3.8, 4) is 5.69 Å². The maximum absolute atomic E-state index is 13.0. The zero-order chi connectivity index (χ0) is 16.7. The summed E-state index contributed by atoms with van der Waals surface area (Å²) in [5, 5.41) is 5.93. The quantitative estimate of drug-likeness (QED) is 0.862. The number of primary amides is 1. The van der Waals surface area contributed by atoms with Gasteiger partial charge < -0.3 is 5.73 Å². The number of hydrogen-bond acceptors (Lipinski definition) is 3. The van der Waals surface area contributed by atoms with Crippen LogP contribution >= 0.6 is 0 Å². The predicted octanol–water partition coefficient (Wildman–Crippen LogP) is 2.40. The third-order valence-electron chi connectivity index (χ3n) is 2.61. The van der Waals surface area contributed by atoms with Crippen molar-refractivity contribution in [1.82, 2.24) is 15.0 Å². The minimum Gasteiger partial charge on any atom is -0.364 e. The molecule has 22 heavy (non-hydrogen) atoms. The Bertz CT molecular complexity index is 718. The number of amides is 1. The zero-order valence-electron chi connectivity index (χ0n) is 10.4. The fourth-order valence-electron chi connectivity index (χ4n) is 1.77. The van der Waals surface area contributed by atoms with Crippen LogP contribution in [-0.2, 0) is 12.4 Å². The Morgan fingerprint density at radius 2 is 1.64 bits per heavy atom. The lowest BCUT2D eigenvalue weighted by Gasteiger charge is -2.15. The number of benzene rings is 1. The fraction of sp³-hybridized carbons (Fsp3) is 0.182. The summed E-state index contributed by atoms with van der Waals surface area (Å²) in [6.45, 7) is 0. The summed E-state index contributed by atoms with van der Waals surface area (Å²) in [7, 11) is 0. The maximum atomic E-state index is 13.0. The van der Waals surface area contributed by atoms with Crippen molar-refractivity contribution in [2.24, 2.45) is 5.73 Å². The summed E-state index contributed by atoms with van der Waals surface area (Å²) in [5.74, 6) is -1.55. The fourth-order valence-corrected chi connectivity index (χ4v) is 1.77. The molecule has 0 unspecified atom stereocenters. The summed E-state index contributed by atoms with van der Waals surface area (Å²) in [4.78, 5) is 11.0. The normalized spacial score (nSPS) is 12.5. The van der Waals surface area contributed by atoms with Crippen LogP contribution in [0.25, 0.3) is 5.69 Å². The molecule has 1 amide bonds. The molecule has 1 aromatic heterocycles. The maximum Gasteiger partial charge on any atom is 0.435 e. The Balaban J connectivity index is 2.78. The molecule has 2 N–H and O–H groups in total. The van der Waals surface area contributed by atoms with E-state index < -0.39 is 40.9 Å². The Morgan fingerprint density at radius 3 is 2.14 bits per heavy atom. The summed E-state index contributed by atoms with van der Waals surface area (Å²) in [6, 6.07) is 3.46. The molecule has 1 heterocycles. The lowest BCUT2D eigenvalue weighted by Crippen LogP contribution is -2.22. The molecule has 0 spiro atoms. The van der Waals surface area contributed by atoms with Crippen molar-refractivity contribution < 1.29 is 31.1 Å². The molecule has 11 heteroatoms. The number of nitrogens with zero attached hydrogens (tertiary/aromatic N) is 3. The van der Waals surface area contributed by atoms with Crippen LogP contribution in [0, 0.1) is 0 Å². The predicted molar refractivity (Wildman–Crippen MR) is 59.9 cm³/mol. The second kappa shape index (κ2) is 5.00. The minimum absolute atomic E-state index is 0.0943. The molecule has 118 valence electrons. The van der Waals surface area contributed by atoms with E-state index in [1.165, 1.54) is 0 Å². The number of para-hydroxylation sites is 1. The average molecular weight is 324 g/mol. The third kappa shape index (κ3) is 2.73. The van der Waals surface area contributed by atoms with Gasteiger partial charge in [0.25, 0.3) is 5.91 Å². The zero-order valence-corrected chi connectivity index (χ0v) is 10.4. The van der Waals surface area contributed by atoms with Crippen LogP contribution in [0.15, 0.2) is 24.3 Å². The molecule has 0 saturated carbocycles. The molecule has 0 aliphatic heterocycles. The lowest BCUT2D eigenvalue weighted by molar-refractivity contribution is -0.145. The van der Waals surface area contributed by atoms with Gasteiger partial charge >= 0.3 is 12.4 Å². The van der Waals surface area contributed by atoms with Gasteiger partial charge in [0.2, 0.25) is 0 Å². The van der Waals surface area contributed by atoms with E-state index in [4.69, 9.17) is 5.73 Å². The van der Waals surface area contributed by atoms with E-state index in [9.17, 15) is 31.1 Å². The van der Waals surface area contributed by atoms with Gasteiger partial charge in [-0.1, -0.05) is 17.3 Å².